The molecule has 0 spiro atoms. The maximum atomic E-state index is 12.6. The molecule has 168 valence electrons. The van der Waals surface area contributed by atoms with Gasteiger partial charge in [-0.2, -0.15) is 0 Å². The highest BCUT2D eigenvalue weighted by Gasteiger charge is 2.59. The van der Waals surface area contributed by atoms with E-state index in [1.165, 1.54) is 38.5 Å². The lowest BCUT2D eigenvalue weighted by atomic mass is 9.46. The Morgan fingerprint density at radius 3 is 2.47 bits per heavy atom. The van der Waals surface area contributed by atoms with Crippen molar-refractivity contribution in [1.29, 1.82) is 0 Å². The van der Waals surface area contributed by atoms with Gasteiger partial charge >= 0.3 is 0 Å². The van der Waals surface area contributed by atoms with Gasteiger partial charge in [0.2, 0.25) is 0 Å². The van der Waals surface area contributed by atoms with Crippen molar-refractivity contribution < 1.29 is 9.59 Å². The highest BCUT2D eigenvalue weighted by Crippen LogP contribution is 2.67. The second kappa shape index (κ2) is 7.87. The van der Waals surface area contributed by atoms with Gasteiger partial charge in [0, 0.05) is 12.3 Å². The van der Waals surface area contributed by atoms with E-state index in [9.17, 15) is 9.59 Å². The summed E-state index contributed by atoms with van der Waals surface area (Å²) in [5, 5.41) is 0. The number of ketones is 2. The second-order valence-corrected chi connectivity index (χ2v) is 12.0. The van der Waals surface area contributed by atoms with Crippen molar-refractivity contribution in [3.05, 3.63) is 11.6 Å². The number of Topliss-reactive ketones (excluding diaryl/α,β-unsaturated/α-hetero) is 2. The molecule has 0 aromatic heterocycles. The number of carbonyl (C=O) groups is 2. The zero-order valence-corrected chi connectivity index (χ0v) is 19.9. The van der Waals surface area contributed by atoms with Crippen LogP contribution in [0.4, 0.5) is 0 Å². The van der Waals surface area contributed by atoms with Crippen molar-refractivity contribution >= 4 is 11.6 Å². The summed E-state index contributed by atoms with van der Waals surface area (Å²) in [4.78, 5) is 24.9. The molecular formula is C27H43NO2. The molecule has 0 amide bonds. The van der Waals surface area contributed by atoms with Gasteiger partial charge in [-0.05, 0) is 98.7 Å². The standard InChI is InChI=1S/C27H43NO2/c1-16(2)25(28)24(30)15-18-10-12-26(4)19(14-18)6-7-20-22-9-8-21(17(3)29)27(22,5)13-11-23(20)26/h14,16,18,20-23,25H,6-13,15,28H2,1-5H3/t18-,20?,21+,22?,23?,25-,26-,27+/m0/s1. The molecule has 3 fully saturated rings. The van der Waals surface area contributed by atoms with E-state index in [4.69, 9.17) is 5.73 Å². The van der Waals surface area contributed by atoms with E-state index in [0.717, 1.165) is 30.6 Å². The topological polar surface area (TPSA) is 60.2 Å². The number of allylic oxidation sites excluding steroid dienone is 2. The van der Waals surface area contributed by atoms with Crippen LogP contribution in [0.15, 0.2) is 11.6 Å². The van der Waals surface area contributed by atoms with Crippen LogP contribution in [0.2, 0.25) is 0 Å². The molecule has 0 aromatic rings. The first-order chi connectivity index (χ1) is 14.1. The number of hydrogen-bond donors (Lipinski definition) is 1. The number of nitrogens with two attached hydrogens (primary N) is 1. The quantitative estimate of drug-likeness (QED) is 0.587. The van der Waals surface area contributed by atoms with Gasteiger partial charge < -0.3 is 5.73 Å². The summed E-state index contributed by atoms with van der Waals surface area (Å²) in [5.41, 5.74) is 8.30. The molecule has 3 heteroatoms. The van der Waals surface area contributed by atoms with Gasteiger partial charge in [0.1, 0.15) is 11.6 Å². The molecule has 0 aromatic carbocycles. The third kappa shape index (κ3) is 3.44. The van der Waals surface area contributed by atoms with Gasteiger partial charge in [-0.15, -0.1) is 0 Å². The maximum Gasteiger partial charge on any atom is 0.150 e. The molecule has 3 unspecified atom stereocenters. The van der Waals surface area contributed by atoms with Crippen LogP contribution < -0.4 is 5.73 Å². The maximum absolute atomic E-state index is 12.6. The van der Waals surface area contributed by atoms with Crippen LogP contribution in [0.1, 0.15) is 92.4 Å². The Balaban J connectivity index is 1.51. The highest BCUT2D eigenvalue weighted by molar-refractivity contribution is 5.84. The average molecular weight is 414 g/mol. The predicted molar refractivity (Wildman–Crippen MR) is 122 cm³/mol. The number of carbonyl (C=O) groups excluding carboxylic acids is 2. The molecule has 3 nitrogen and oxygen atoms in total. The minimum absolute atomic E-state index is 0.219. The van der Waals surface area contributed by atoms with Crippen molar-refractivity contribution in [1.82, 2.24) is 0 Å². The fourth-order valence-corrected chi connectivity index (χ4v) is 8.39. The second-order valence-electron chi connectivity index (χ2n) is 12.0. The largest absolute Gasteiger partial charge is 0.321 e. The molecule has 8 atom stereocenters. The molecule has 3 saturated carbocycles. The minimum Gasteiger partial charge on any atom is -0.321 e. The van der Waals surface area contributed by atoms with E-state index in [2.05, 4.69) is 19.9 Å². The number of hydrogen-bond acceptors (Lipinski definition) is 3. The van der Waals surface area contributed by atoms with Gasteiger partial charge in [-0.25, -0.2) is 0 Å². The molecule has 0 bridgehead atoms. The highest BCUT2D eigenvalue weighted by atomic mass is 16.1. The summed E-state index contributed by atoms with van der Waals surface area (Å²) < 4.78 is 0. The minimum atomic E-state index is -0.319. The molecule has 4 aliphatic rings. The van der Waals surface area contributed by atoms with E-state index in [0.29, 0.717) is 29.5 Å². The van der Waals surface area contributed by atoms with Crippen molar-refractivity contribution in [2.45, 2.75) is 98.4 Å². The smallest absolute Gasteiger partial charge is 0.150 e. The third-order valence-corrected chi connectivity index (χ3v) is 10.3. The zero-order chi connectivity index (χ0) is 21.8. The summed E-state index contributed by atoms with van der Waals surface area (Å²) >= 11 is 0. The fraction of sp³-hybridized carbons (Fsp3) is 0.852. The molecular weight excluding hydrogens is 370 g/mol. The number of rotatable bonds is 5. The molecule has 0 saturated heterocycles. The van der Waals surface area contributed by atoms with Gasteiger partial charge in [0.15, 0.2) is 0 Å². The fourth-order valence-electron chi connectivity index (χ4n) is 8.39. The van der Waals surface area contributed by atoms with Gasteiger partial charge in [0.05, 0.1) is 6.04 Å². The molecule has 30 heavy (non-hydrogen) atoms. The first-order valence-electron chi connectivity index (χ1n) is 12.6. The van der Waals surface area contributed by atoms with Crippen LogP contribution >= 0.6 is 0 Å². The lowest BCUT2D eigenvalue weighted by Gasteiger charge is -2.58. The van der Waals surface area contributed by atoms with Crippen LogP contribution in [0.3, 0.4) is 0 Å². The van der Waals surface area contributed by atoms with E-state index >= 15 is 0 Å². The Bertz CT molecular complexity index is 739. The van der Waals surface area contributed by atoms with Crippen LogP contribution in [0.25, 0.3) is 0 Å². The van der Waals surface area contributed by atoms with Crippen LogP contribution in [-0.2, 0) is 9.59 Å². The van der Waals surface area contributed by atoms with Crippen molar-refractivity contribution in [2.24, 2.45) is 52.1 Å². The Hall–Kier alpha value is -0.960. The summed E-state index contributed by atoms with van der Waals surface area (Å²) in [5.74, 6) is 3.82. The summed E-state index contributed by atoms with van der Waals surface area (Å²) in [6.45, 7) is 10.9. The third-order valence-electron chi connectivity index (χ3n) is 10.3. The lowest BCUT2D eigenvalue weighted by Crippen LogP contribution is -2.51. The molecule has 0 radical (unpaired) electrons. The lowest BCUT2D eigenvalue weighted by molar-refractivity contribution is -0.128. The molecule has 4 rings (SSSR count). The Kier molecular flexibility index (Phi) is 5.83. The van der Waals surface area contributed by atoms with E-state index in [1.807, 2.05) is 20.8 Å². The van der Waals surface area contributed by atoms with E-state index < -0.39 is 0 Å². The Morgan fingerprint density at radius 2 is 1.80 bits per heavy atom. The average Bonchev–Trinajstić information content (AvgIpc) is 3.05. The van der Waals surface area contributed by atoms with Crippen molar-refractivity contribution in [2.75, 3.05) is 0 Å². The van der Waals surface area contributed by atoms with Crippen LogP contribution in [0.5, 0.6) is 0 Å². The first-order valence-corrected chi connectivity index (χ1v) is 12.6. The van der Waals surface area contributed by atoms with Crippen molar-refractivity contribution in [3.8, 4) is 0 Å². The first kappa shape index (κ1) is 22.2. The monoisotopic (exact) mass is 413 g/mol. The molecule has 4 aliphatic carbocycles. The normalized spacial score (nSPS) is 44.0. The summed E-state index contributed by atoms with van der Waals surface area (Å²) in [6.07, 6.45) is 12.8. The predicted octanol–water partition coefficient (Wildman–Crippen LogP) is 5.71. The van der Waals surface area contributed by atoms with Crippen LogP contribution in [-0.4, -0.2) is 17.6 Å². The SMILES string of the molecule is CC(=O)[C@H]1CCC2C3CCC4=C[C@@H](CC(=O)[C@@H](N)C(C)C)CC[C@]4(C)C3CC[C@@]21C. The number of fused-ring (bicyclic) bond motifs is 5. The summed E-state index contributed by atoms with van der Waals surface area (Å²) in [6, 6.07) is -0.319. The van der Waals surface area contributed by atoms with Crippen LogP contribution in [0, 0.1) is 46.3 Å². The molecule has 2 N–H and O–H groups in total. The van der Waals surface area contributed by atoms with Gasteiger partial charge in [-0.1, -0.05) is 39.3 Å². The molecule has 0 heterocycles. The van der Waals surface area contributed by atoms with E-state index in [-0.39, 0.29) is 23.2 Å². The van der Waals surface area contributed by atoms with E-state index in [1.54, 1.807) is 5.57 Å². The van der Waals surface area contributed by atoms with Gasteiger partial charge in [0.25, 0.3) is 0 Å². The van der Waals surface area contributed by atoms with Crippen molar-refractivity contribution in [3.63, 3.8) is 0 Å². The Morgan fingerprint density at radius 1 is 1.07 bits per heavy atom. The zero-order valence-electron chi connectivity index (χ0n) is 19.9. The summed E-state index contributed by atoms with van der Waals surface area (Å²) in [7, 11) is 0. The van der Waals surface area contributed by atoms with Gasteiger partial charge in [-0.3, -0.25) is 9.59 Å². The molecule has 0 aliphatic heterocycles. The Labute approximate surface area is 183 Å².